The molecular formula is H7BCoNiO7. The Balaban J connectivity index is 0. The van der Waals surface area contributed by atoms with Gasteiger partial charge in [0.2, 0.25) is 0 Å². The Morgan fingerprint density at radius 1 is 0.400 bits per heavy atom. The maximum Gasteiger partial charge on any atom is 3.00 e. The zero-order chi connectivity index (χ0) is 0. The Morgan fingerprint density at radius 3 is 0.400 bits per heavy atom. The third-order valence-corrected chi connectivity index (χ3v) is 0. The SMILES string of the molecule is [B+3].[Co+2].[Ni+2].[OH-].[OH-].[OH-].[OH-].[OH-].[OH-].[OH-]. The van der Waals surface area contributed by atoms with E-state index in [1.165, 1.54) is 0 Å². The van der Waals surface area contributed by atoms with Crippen molar-refractivity contribution in [3.8, 4) is 0 Å². The van der Waals surface area contributed by atoms with Crippen LogP contribution in [0.5, 0.6) is 0 Å². The molecule has 1 radical (unpaired) electrons. The van der Waals surface area contributed by atoms with Gasteiger partial charge in [0.05, 0.1) is 0 Å². The predicted molar refractivity (Wildman–Crippen MR) is 19.3 cm³/mol. The quantitative estimate of drug-likeness (QED) is 0.455. The molecule has 10 heavy (non-hydrogen) atoms. The maximum atomic E-state index is 0. The van der Waals surface area contributed by atoms with Crippen molar-refractivity contribution < 1.29 is 71.6 Å². The van der Waals surface area contributed by atoms with Gasteiger partial charge in [-0.3, -0.25) is 0 Å². The van der Waals surface area contributed by atoms with Crippen molar-refractivity contribution in [2.24, 2.45) is 0 Å². The van der Waals surface area contributed by atoms with Crippen LogP contribution in [0.4, 0.5) is 0 Å². The summed E-state index contributed by atoms with van der Waals surface area (Å²) < 4.78 is 0. The van der Waals surface area contributed by atoms with Gasteiger partial charge in [0.15, 0.2) is 0 Å². The maximum absolute atomic E-state index is 0. The molecule has 7 N–H and O–H groups in total. The zero-order valence-corrected chi connectivity index (χ0v) is 6.39. The van der Waals surface area contributed by atoms with Gasteiger partial charge < -0.3 is 38.3 Å². The Hall–Kier alpha value is 0.785. The van der Waals surface area contributed by atoms with Crippen LogP contribution in [0.15, 0.2) is 0 Å². The van der Waals surface area contributed by atoms with Gasteiger partial charge in [0.25, 0.3) is 0 Å². The predicted octanol–water partition coefficient (Wildman–Crippen LogP) is -1.62. The molecule has 0 saturated carbocycles. The molecule has 0 heterocycles. The zero-order valence-electron chi connectivity index (χ0n) is 4.36. The van der Waals surface area contributed by atoms with E-state index in [9.17, 15) is 0 Å². The summed E-state index contributed by atoms with van der Waals surface area (Å²) in [6.07, 6.45) is 0. The summed E-state index contributed by atoms with van der Waals surface area (Å²) in [6.45, 7) is 0. The summed E-state index contributed by atoms with van der Waals surface area (Å²) in [5.41, 5.74) is 0. The van der Waals surface area contributed by atoms with Gasteiger partial charge in [-0.15, -0.1) is 0 Å². The number of rotatable bonds is 0. The fourth-order valence-corrected chi connectivity index (χ4v) is 0. The molecule has 7 nitrogen and oxygen atoms in total. The molecule has 0 aromatic heterocycles. The van der Waals surface area contributed by atoms with Crippen LogP contribution in [0, 0.1) is 0 Å². The summed E-state index contributed by atoms with van der Waals surface area (Å²) in [5, 5.41) is 0. The molecule has 71 valence electrons. The van der Waals surface area contributed by atoms with Crippen molar-refractivity contribution in [3.05, 3.63) is 0 Å². The molecule has 0 aromatic rings. The van der Waals surface area contributed by atoms with Crippen molar-refractivity contribution in [2.45, 2.75) is 0 Å². The van der Waals surface area contributed by atoms with E-state index in [0.29, 0.717) is 0 Å². The second kappa shape index (κ2) is 1230. The summed E-state index contributed by atoms with van der Waals surface area (Å²) in [7, 11) is 0. The summed E-state index contributed by atoms with van der Waals surface area (Å²) in [5.74, 6) is 0. The largest absolute Gasteiger partial charge is 3.00 e. The minimum atomic E-state index is 0. The van der Waals surface area contributed by atoms with Crippen LogP contribution in [0.3, 0.4) is 0 Å². The van der Waals surface area contributed by atoms with E-state index in [1.807, 2.05) is 0 Å². The minimum absolute atomic E-state index is 0. The van der Waals surface area contributed by atoms with Crippen molar-refractivity contribution in [1.29, 1.82) is 0 Å². The van der Waals surface area contributed by atoms with Crippen LogP contribution >= 0.6 is 0 Å². The van der Waals surface area contributed by atoms with Gasteiger partial charge in [-0.25, -0.2) is 0 Å². The van der Waals surface area contributed by atoms with E-state index in [4.69, 9.17) is 0 Å². The Bertz CT molecular complexity index is 13.6. The molecular weight excluding hydrogens is 240 g/mol. The molecule has 0 atom stereocenters. The minimum Gasteiger partial charge on any atom is -0.870 e. The standard InChI is InChI=1S/B.Co.Ni.7H2O/h;;;7*1H2/q+3;2*+2;;;;;;;/p-7. The van der Waals surface area contributed by atoms with Crippen molar-refractivity contribution in [3.63, 3.8) is 0 Å². The fraction of sp³-hybridized carbons (Fsp3) is 0. The van der Waals surface area contributed by atoms with E-state index in [2.05, 4.69) is 0 Å². The van der Waals surface area contributed by atoms with E-state index in [1.54, 1.807) is 0 Å². The Labute approximate surface area is 80.4 Å². The number of hydrogen-bond acceptors (Lipinski definition) is 7. The van der Waals surface area contributed by atoms with Gasteiger partial charge in [0.1, 0.15) is 0 Å². The van der Waals surface area contributed by atoms with Gasteiger partial charge in [-0.05, 0) is 0 Å². The first kappa shape index (κ1) is 1680. The third kappa shape index (κ3) is 864. The second-order valence-electron chi connectivity index (χ2n) is 0. The van der Waals surface area contributed by atoms with E-state index in [-0.39, 0.29) is 80.0 Å². The molecule has 0 amide bonds. The molecule has 0 saturated heterocycles. The first-order chi connectivity index (χ1) is 0. The van der Waals surface area contributed by atoms with Crippen LogP contribution in [-0.2, 0) is 33.3 Å². The molecule has 0 fully saturated rings. The van der Waals surface area contributed by atoms with Gasteiger partial charge in [-0.2, -0.15) is 0 Å². The summed E-state index contributed by atoms with van der Waals surface area (Å²) >= 11 is 0. The fourth-order valence-electron chi connectivity index (χ4n) is 0. The van der Waals surface area contributed by atoms with Crippen LogP contribution in [0.25, 0.3) is 0 Å². The molecule has 0 aliphatic heterocycles. The number of hydrogen-bond donors (Lipinski definition) is 0. The first-order valence-electron chi connectivity index (χ1n) is 0. The second-order valence-corrected chi connectivity index (χ2v) is 0. The third-order valence-electron chi connectivity index (χ3n) is 0. The molecule has 0 aliphatic carbocycles. The summed E-state index contributed by atoms with van der Waals surface area (Å²) in [6, 6.07) is 0. The molecule has 0 aliphatic rings. The normalized spacial score (nSPS) is 0. The van der Waals surface area contributed by atoms with Crippen molar-refractivity contribution in [1.82, 2.24) is 0 Å². The van der Waals surface area contributed by atoms with Crippen LogP contribution in [0.2, 0.25) is 0 Å². The van der Waals surface area contributed by atoms with E-state index >= 15 is 0 Å². The average molecular weight is 247 g/mol. The van der Waals surface area contributed by atoms with E-state index < -0.39 is 0 Å². The Morgan fingerprint density at radius 2 is 0.400 bits per heavy atom. The molecule has 10 heteroatoms. The van der Waals surface area contributed by atoms with E-state index in [0.717, 1.165) is 0 Å². The molecule has 0 unspecified atom stereocenters. The first-order valence-corrected chi connectivity index (χ1v) is 0. The van der Waals surface area contributed by atoms with Crippen LogP contribution in [0.1, 0.15) is 0 Å². The monoisotopic (exact) mass is 247 g/mol. The van der Waals surface area contributed by atoms with Gasteiger partial charge in [0, 0.05) is 0 Å². The van der Waals surface area contributed by atoms with Crippen molar-refractivity contribution in [2.75, 3.05) is 0 Å². The smallest absolute Gasteiger partial charge is 0.870 e. The Kier molecular flexibility index (Phi) is 205000. The molecule has 0 rings (SSSR count). The summed E-state index contributed by atoms with van der Waals surface area (Å²) in [4.78, 5) is 0. The topological polar surface area (TPSA) is 210 Å². The molecule has 0 aromatic carbocycles. The molecule has 0 spiro atoms. The average Bonchev–Trinajstić information content (AvgIpc) is 0. The van der Waals surface area contributed by atoms with Crippen molar-refractivity contribution >= 4 is 8.41 Å². The van der Waals surface area contributed by atoms with Gasteiger partial charge >= 0.3 is 41.7 Å². The molecule has 0 bridgehead atoms. The van der Waals surface area contributed by atoms with Gasteiger partial charge in [-0.1, -0.05) is 0 Å². The van der Waals surface area contributed by atoms with Crippen LogP contribution in [-0.4, -0.2) is 46.7 Å². The van der Waals surface area contributed by atoms with Crippen LogP contribution < -0.4 is 0 Å².